The van der Waals surface area contributed by atoms with Crippen LogP contribution in [-0.2, 0) is 17.6 Å². The highest BCUT2D eigenvalue weighted by atomic mass is 32.1. The van der Waals surface area contributed by atoms with Crippen LogP contribution in [0.1, 0.15) is 32.6 Å². The first-order valence-electron chi connectivity index (χ1n) is 8.20. The maximum Gasteiger partial charge on any atom is 0.312 e. The molecule has 0 aliphatic heterocycles. The molecule has 0 spiro atoms. The Morgan fingerprint density at radius 2 is 1.85 bits per heavy atom. The van der Waals surface area contributed by atoms with E-state index in [0.29, 0.717) is 4.88 Å². The fraction of sp³-hybridized carbons (Fsp3) is 0.278. The molecule has 0 bridgehead atoms. The van der Waals surface area contributed by atoms with Crippen LogP contribution in [0.25, 0.3) is 0 Å². The van der Waals surface area contributed by atoms with Crippen LogP contribution < -0.4 is 21.9 Å². The Balaban J connectivity index is 1.99. The fourth-order valence-electron chi connectivity index (χ4n) is 2.48. The first-order valence-corrected chi connectivity index (χ1v) is 9.01. The Labute approximate surface area is 155 Å². The van der Waals surface area contributed by atoms with Crippen molar-refractivity contribution in [2.75, 3.05) is 0 Å². The highest BCUT2D eigenvalue weighted by Gasteiger charge is 2.21. The number of hydrogen-bond donors (Lipinski definition) is 4. The van der Waals surface area contributed by atoms with Crippen molar-refractivity contribution >= 4 is 29.2 Å². The van der Waals surface area contributed by atoms with Crippen LogP contribution in [-0.4, -0.2) is 23.9 Å². The molecular formula is C18H22N4O3S. The summed E-state index contributed by atoms with van der Waals surface area (Å²) in [5.41, 5.74) is 11.8. The molecular weight excluding hydrogens is 352 g/mol. The number of benzene rings is 1. The standard InChI is InChI=1S/C18H22N4O3S/c1-3-14-11(2)9-15(26-14)17(24)22-21-16(23)13(20-18(19)25)10-12-7-5-4-6-8-12/h4-9,13H,3,10H2,1-2H3,(H,21,23)(H,22,24)(H3,19,20,25). The molecule has 8 heteroatoms. The zero-order valence-electron chi connectivity index (χ0n) is 14.7. The molecule has 7 nitrogen and oxygen atoms in total. The van der Waals surface area contributed by atoms with E-state index in [0.717, 1.165) is 22.4 Å². The molecule has 1 aromatic carbocycles. The van der Waals surface area contributed by atoms with E-state index in [9.17, 15) is 14.4 Å². The third-order valence-electron chi connectivity index (χ3n) is 3.78. The molecule has 138 valence electrons. The van der Waals surface area contributed by atoms with E-state index in [1.807, 2.05) is 44.2 Å². The molecule has 1 unspecified atom stereocenters. The molecule has 2 rings (SSSR count). The van der Waals surface area contributed by atoms with Crippen LogP contribution in [0.2, 0.25) is 0 Å². The van der Waals surface area contributed by atoms with Crippen LogP contribution in [0.4, 0.5) is 4.79 Å². The highest BCUT2D eigenvalue weighted by molar-refractivity contribution is 7.14. The van der Waals surface area contributed by atoms with Gasteiger partial charge in [-0.05, 0) is 30.5 Å². The van der Waals surface area contributed by atoms with E-state index in [4.69, 9.17) is 5.73 Å². The van der Waals surface area contributed by atoms with E-state index in [1.54, 1.807) is 6.07 Å². The van der Waals surface area contributed by atoms with Gasteiger partial charge < -0.3 is 11.1 Å². The van der Waals surface area contributed by atoms with Gasteiger partial charge in [-0.1, -0.05) is 37.3 Å². The average Bonchev–Trinajstić information content (AvgIpc) is 3.00. The summed E-state index contributed by atoms with van der Waals surface area (Å²) in [4.78, 5) is 37.4. The van der Waals surface area contributed by atoms with Gasteiger partial charge in [-0.15, -0.1) is 11.3 Å². The number of nitrogens with one attached hydrogen (secondary N) is 3. The van der Waals surface area contributed by atoms with Gasteiger partial charge in [0.1, 0.15) is 6.04 Å². The predicted molar refractivity (Wildman–Crippen MR) is 101 cm³/mol. The molecule has 0 aliphatic rings. The van der Waals surface area contributed by atoms with Crippen molar-refractivity contribution in [2.45, 2.75) is 32.7 Å². The molecule has 0 fully saturated rings. The van der Waals surface area contributed by atoms with Crippen molar-refractivity contribution in [2.24, 2.45) is 5.73 Å². The molecule has 0 aliphatic carbocycles. The van der Waals surface area contributed by atoms with E-state index < -0.39 is 23.9 Å². The smallest absolute Gasteiger partial charge is 0.312 e. The second-order valence-electron chi connectivity index (χ2n) is 5.76. The first kappa shape index (κ1) is 19.5. The Morgan fingerprint density at radius 1 is 1.15 bits per heavy atom. The maximum absolute atomic E-state index is 12.4. The fourth-order valence-corrected chi connectivity index (χ4v) is 3.49. The van der Waals surface area contributed by atoms with E-state index in [1.165, 1.54) is 11.3 Å². The molecule has 5 N–H and O–H groups in total. The second kappa shape index (κ2) is 9.00. The lowest BCUT2D eigenvalue weighted by Crippen LogP contribution is -2.54. The van der Waals surface area contributed by atoms with Crippen LogP contribution in [0.3, 0.4) is 0 Å². The number of primary amides is 1. The minimum absolute atomic E-state index is 0.254. The number of urea groups is 1. The number of hydrazine groups is 1. The second-order valence-corrected chi connectivity index (χ2v) is 6.90. The van der Waals surface area contributed by atoms with E-state index >= 15 is 0 Å². The monoisotopic (exact) mass is 374 g/mol. The van der Waals surface area contributed by atoms with Gasteiger partial charge in [0.25, 0.3) is 11.8 Å². The topological polar surface area (TPSA) is 113 Å². The number of hydrogen-bond acceptors (Lipinski definition) is 4. The zero-order valence-corrected chi connectivity index (χ0v) is 15.5. The third kappa shape index (κ3) is 5.32. The van der Waals surface area contributed by atoms with Gasteiger partial charge in [0, 0.05) is 11.3 Å². The largest absolute Gasteiger partial charge is 0.352 e. The predicted octanol–water partition coefficient (Wildman–Crippen LogP) is 1.66. The number of nitrogens with two attached hydrogens (primary N) is 1. The maximum atomic E-state index is 12.4. The van der Waals surface area contributed by atoms with Crippen molar-refractivity contribution in [1.82, 2.24) is 16.2 Å². The highest BCUT2D eigenvalue weighted by Crippen LogP contribution is 2.21. The number of aryl methyl sites for hydroxylation is 2. The lowest BCUT2D eigenvalue weighted by atomic mass is 10.1. The lowest BCUT2D eigenvalue weighted by molar-refractivity contribution is -0.123. The van der Waals surface area contributed by atoms with Gasteiger partial charge in [0.15, 0.2) is 0 Å². The molecule has 2 aromatic rings. The van der Waals surface area contributed by atoms with Crippen molar-refractivity contribution in [3.63, 3.8) is 0 Å². The van der Waals surface area contributed by atoms with Gasteiger partial charge in [-0.3, -0.25) is 20.4 Å². The normalized spacial score (nSPS) is 11.5. The Hall–Kier alpha value is -2.87. The van der Waals surface area contributed by atoms with Gasteiger partial charge in [0.05, 0.1) is 4.88 Å². The number of rotatable bonds is 6. The van der Waals surface area contributed by atoms with Gasteiger partial charge >= 0.3 is 6.03 Å². The summed E-state index contributed by atoms with van der Waals surface area (Å²) in [7, 11) is 0. The summed E-state index contributed by atoms with van der Waals surface area (Å²) in [6.45, 7) is 3.96. The van der Waals surface area contributed by atoms with Crippen molar-refractivity contribution in [3.8, 4) is 0 Å². The molecule has 0 saturated carbocycles. The number of carbonyl (C=O) groups is 3. The SMILES string of the molecule is CCc1sc(C(=O)NNC(=O)C(Cc2ccccc2)NC(N)=O)cc1C. The van der Waals surface area contributed by atoms with Gasteiger partial charge in [-0.2, -0.15) is 0 Å². The summed E-state index contributed by atoms with van der Waals surface area (Å²) in [6, 6.07) is 9.27. The van der Waals surface area contributed by atoms with Crippen LogP contribution in [0.15, 0.2) is 36.4 Å². The Kier molecular flexibility index (Phi) is 6.74. The van der Waals surface area contributed by atoms with Crippen molar-refractivity contribution in [1.29, 1.82) is 0 Å². The van der Waals surface area contributed by atoms with Crippen molar-refractivity contribution in [3.05, 3.63) is 57.3 Å². The Bertz CT molecular complexity index is 789. The van der Waals surface area contributed by atoms with Crippen LogP contribution in [0, 0.1) is 6.92 Å². The molecule has 1 heterocycles. The quantitative estimate of drug-likeness (QED) is 0.577. The first-order chi connectivity index (χ1) is 12.4. The van der Waals surface area contributed by atoms with E-state index in [-0.39, 0.29) is 6.42 Å². The summed E-state index contributed by atoms with van der Waals surface area (Å²) < 4.78 is 0. The molecule has 0 radical (unpaired) electrons. The van der Waals surface area contributed by atoms with E-state index in [2.05, 4.69) is 16.2 Å². The summed E-state index contributed by atoms with van der Waals surface area (Å²) >= 11 is 1.39. The Morgan fingerprint density at radius 3 is 2.42 bits per heavy atom. The zero-order chi connectivity index (χ0) is 19.1. The number of carbonyl (C=O) groups excluding carboxylic acids is 3. The van der Waals surface area contributed by atoms with Gasteiger partial charge in [-0.25, -0.2) is 4.79 Å². The molecule has 0 saturated heterocycles. The molecule has 26 heavy (non-hydrogen) atoms. The number of amides is 4. The third-order valence-corrected chi connectivity index (χ3v) is 5.16. The van der Waals surface area contributed by atoms with Crippen molar-refractivity contribution < 1.29 is 14.4 Å². The molecule has 1 aromatic heterocycles. The minimum Gasteiger partial charge on any atom is -0.352 e. The summed E-state index contributed by atoms with van der Waals surface area (Å²) in [6.07, 6.45) is 1.10. The average molecular weight is 374 g/mol. The lowest BCUT2D eigenvalue weighted by Gasteiger charge is -2.17. The van der Waals surface area contributed by atoms with Crippen LogP contribution in [0.5, 0.6) is 0 Å². The molecule has 4 amide bonds. The van der Waals surface area contributed by atoms with Gasteiger partial charge in [0.2, 0.25) is 0 Å². The summed E-state index contributed by atoms with van der Waals surface area (Å²) in [5.74, 6) is -0.950. The molecule has 1 atom stereocenters. The minimum atomic E-state index is -0.897. The number of thiophene rings is 1. The van der Waals surface area contributed by atoms with Crippen LogP contribution >= 0.6 is 11.3 Å². The summed E-state index contributed by atoms with van der Waals surface area (Å²) in [5, 5.41) is 2.39.